The largest absolute Gasteiger partial charge is 0.458 e. The Hall–Kier alpha value is -2.56. The monoisotopic (exact) mass is 298 g/mol. The van der Waals surface area contributed by atoms with E-state index in [0.717, 1.165) is 12.0 Å². The number of ether oxygens (including phenoxy) is 3. The lowest BCUT2D eigenvalue weighted by Gasteiger charge is -2.09. The third kappa shape index (κ3) is 1.93. The van der Waals surface area contributed by atoms with Gasteiger partial charge in [0, 0.05) is 17.6 Å². The van der Waals surface area contributed by atoms with Gasteiger partial charge in [0.2, 0.25) is 0 Å². The first-order valence-corrected chi connectivity index (χ1v) is 7.17. The van der Waals surface area contributed by atoms with Crippen LogP contribution in [0.2, 0.25) is 0 Å². The molecule has 1 fully saturated rings. The van der Waals surface area contributed by atoms with E-state index < -0.39 is 12.3 Å². The fourth-order valence-electron chi connectivity index (χ4n) is 3.16. The van der Waals surface area contributed by atoms with Gasteiger partial charge < -0.3 is 14.2 Å². The number of cyclic esters (lactones) is 1. The fourth-order valence-corrected chi connectivity index (χ4v) is 3.16. The maximum Gasteiger partial charge on any atom is 0.338 e. The van der Waals surface area contributed by atoms with E-state index in [2.05, 4.69) is 0 Å². The quantitative estimate of drug-likeness (QED) is 0.476. The van der Waals surface area contributed by atoms with Crippen LogP contribution in [0.1, 0.15) is 24.2 Å². The molecule has 0 N–H and O–H groups in total. The highest BCUT2D eigenvalue weighted by atomic mass is 16.7. The molecule has 3 atom stereocenters. The van der Waals surface area contributed by atoms with Crippen molar-refractivity contribution >= 4 is 11.9 Å². The molecule has 1 saturated heterocycles. The first-order chi connectivity index (χ1) is 10.6. The Kier molecular flexibility index (Phi) is 2.82. The normalized spacial score (nSPS) is 30.7. The standard InChI is InChI=1S/C17H14O5/c1-9-6-14(21-16(9)18)20-8-13-12-7-10-4-2-3-5-11(10)15(12)22-17(13)19/h2-6,8,12,14-15H,7H2,1H3/t12-,14-,15-/m1/s1. The molecule has 0 amide bonds. The van der Waals surface area contributed by atoms with Gasteiger partial charge in [0.05, 0.1) is 11.8 Å². The van der Waals surface area contributed by atoms with Gasteiger partial charge in [0.25, 0.3) is 6.29 Å². The minimum atomic E-state index is -0.768. The zero-order valence-corrected chi connectivity index (χ0v) is 11.9. The van der Waals surface area contributed by atoms with E-state index in [1.165, 1.54) is 11.8 Å². The lowest BCUT2D eigenvalue weighted by Crippen LogP contribution is -2.11. The van der Waals surface area contributed by atoms with E-state index in [-0.39, 0.29) is 18.0 Å². The van der Waals surface area contributed by atoms with Crippen LogP contribution in [0, 0.1) is 5.92 Å². The molecule has 0 bridgehead atoms. The third-order valence-corrected chi connectivity index (χ3v) is 4.30. The van der Waals surface area contributed by atoms with E-state index in [4.69, 9.17) is 14.2 Å². The van der Waals surface area contributed by atoms with Crippen molar-refractivity contribution < 1.29 is 23.8 Å². The van der Waals surface area contributed by atoms with Gasteiger partial charge in [-0.1, -0.05) is 24.3 Å². The van der Waals surface area contributed by atoms with Crippen LogP contribution in [0.4, 0.5) is 0 Å². The average molecular weight is 298 g/mol. The van der Waals surface area contributed by atoms with Crippen LogP contribution in [0.5, 0.6) is 0 Å². The number of fused-ring (bicyclic) bond motifs is 3. The summed E-state index contributed by atoms with van der Waals surface area (Å²) in [5.41, 5.74) is 3.25. The molecular formula is C17H14O5. The van der Waals surface area contributed by atoms with Gasteiger partial charge in [-0.2, -0.15) is 0 Å². The first-order valence-electron chi connectivity index (χ1n) is 7.17. The molecule has 0 aromatic heterocycles. The summed E-state index contributed by atoms with van der Waals surface area (Å²) in [6.07, 6.45) is 2.71. The van der Waals surface area contributed by atoms with Gasteiger partial charge in [-0.15, -0.1) is 0 Å². The Morgan fingerprint density at radius 2 is 2.00 bits per heavy atom. The molecule has 3 aliphatic rings. The van der Waals surface area contributed by atoms with Crippen molar-refractivity contribution in [2.24, 2.45) is 5.92 Å². The number of rotatable bonds is 2. The third-order valence-electron chi connectivity index (χ3n) is 4.30. The molecule has 112 valence electrons. The number of hydrogen-bond acceptors (Lipinski definition) is 5. The molecule has 2 heterocycles. The second-order valence-corrected chi connectivity index (χ2v) is 5.67. The molecule has 5 nitrogen and oxygen atoms in total. The van der Waals surface area contributed by atoms with Crippen LogP contribution in [0.3, 0.4) is 0 Å². The van der Waals surface area contributed by atoms with Crippen LogP contribution < -0.4 is 0 Å². The molecule has 0 spiro atoms. The van der Waals surface area contributed by atoms with Gasteiger partial charge in [0.15, 0.2) is 0 Å². The average Bonchev–Trinajstić information content (AvgIpc) is 3.10. The molecule has 5 heteroatoms. The summed E-state index contributed by atoms with van der Waals surface area (Å²) in [5.74, 6) is -0.801. The van der Waals surface area contributed by atoms with Gasteiger partial charge in [0.1, 0.15) is 6.10 Å². The molecule has 22 heavy (non-hydrogen) atoms. The van der Waals surface area contributed by atoms with Gasteiger partial charge in [-0.05, 0) is 24.5 Å². The first kappa shape index (κ1) is 13.1. The van der Waals surface area contributed by atoms with Crippen molar-refractivity contribution in [1.82, 2.24) is 0 Å². The van der Waals surface area contributed by atoms with E-state index >= 15 is 0 Å². The second kappa shape index (κ2) is 4.73. The van der Waals surface area contributed by atoms with Crippen LogP contribution in [-0.2, 0) is 30.2 Å². The molecule has 1 aliphatic carbocycles. The minimum Gasteiger partial charge on any atom is -0.458 e. The van der Waals surface area contributed by atoms with Gasteiger partial charge in [-0.3, -0.25) is 0 Å². The van der Waals surface area contributed by atoms with Crippen molar-refractivity contribution in [3.05, 3.63) is 58.9 Å². The smallest absolute Gasteiger partial charge is 0.338 e. The van der Waals surface area contributed by atoms with E-state index in [0.29, 0.717) is 11.1 Å². The molecule has 0 saturated carbocycles. The van der Waals surface area contributed by atoms with Crippen molar-refractivity contribution in [1.29, 1.82) is 0 Å². The fraction of sp³-hybridized carbons (Fsp3) is 0.294. The predicted octanol–water partition coefficient (Wildman–Crippen LogP) is 2.19. The Morgan fingerprint density at radius 1 is 1.18 bits per heavy atom. The lowest BCUT2D eigenvalue weighted by atomic mass is 9.98. The molecule has 0 radical (unpaired) electrons. The Labute approximate surface area is 127 Å². The van der Waals surface area contributed by atoms with Gasteiger partial charge >= 0.3 is 11.9 Å². The number of carbonyl (C=O) groups is 2. The molecule has 0 unspecified atom stereocenters. The van der Waals surface area contributed by atoms with Crippen molar-refractivity contribution in [2.75, 3.05) is 0 Å². The summed E-state index contributed by atoms with van der Waals surface area (Å²) >= 11 is 0. The summed E-state index contributed by atoms with van der Waals surface area (Å²) in [6, 6.07) is 7.96. The number of benzene rings is 1. The van der Waals surface area contributed by atoms with E-state index in [9.17, 15) is 9.59 Å². The molecular weight excluding hydrogens is 284 g/mol. The maximum absolute atomic E-state index is 12.0. The van der Waals surface area contributed by atoms with E-state index in [1.54, 1.807) is 13.0 Å². The summed E-state index contributed by atoms with van der Waals surface area (Å²) < 4.78 is 15.9. The summed E-state index contributed by atoms with van der Waals surface area (Å²) in [7, 11) is 0. The second-order valence-electron chi connectivity index (χ2n) is 5.67. The lowest BCUT2D eigenvalue weighted by molar-refractivity contribution is -0.152. The predicted molar refractivity (Wildman–Crippen MR) is 75.3 cm³/mol. The van der Waals surface area contributed by atoms with Crippen LogP contribution in [-0.4, -0.2) is 18.2 Å². The Morgan fingerprint density at radius 3 is 2.77 bits per heavy atom. The molecule has 4 rings (SSSR count). The SMILES string of the molecule is CC1=C[C@H](OC=C2C(=O)O[C@@H]3c4ccccc4C[C@H]23)OC1=O. The number of esters is 2. The maximum atomic E-state index is 12.0. The Bertz CT molecular complexity index is 730. The summed E-state index contributed by atoms with van der Waals surface area (Å²) in [6.45, 7) is 1.66. The Balaban J connectivity index is 1.55. The highest BCUT2D eigenvalue weighted by Crippen LogP contribution is 2.47. The molecule has 2 aliphatic heterocycles. The van der Waals surface area contributed by atoms with Crippen LogP contribution in [0.15, 0.2) is 47.7 Å². The van der Waals surface area contributed by atoms with Crippen molar-refractivity contribution in [2.45, 2.75) is 25.7 Å². The van der Waals surface area contributed by atoms with Gasteiger partial charge in [-0.25, -0.2) is 9.59 Å². The summed E-state index contributed by atoms with van der Waals surface area (Å²) in [5, 5.41) is 0. The highest BCUT2D eigenvalue weighted by molar-refractivity contribution is 5.92. The molecule has 1 aromatic carbocycles. The van der Waals surface area contributed by atoms with Crippen molar-refractivity contribution in [3.8, 4) is 0 Å². The number of hydrogen-bond donors (Lipinski definition) is 0. The van der Waals surface area contributed by atoms with Crippen LogP contribution in [0.25, 0.3) is 0 Å². The zero-order chi connectivity index (χ0) is 15.3. The zero-order valence-electron chi connectivity index (χ0n) is 11.9. The van der Waals surface area contributed by atoms with E-state index in [1.807, 2.05) is 24.3 Å². The van der Waals surface area contributed by atoms with Crippen molar-refractivity contribution in [3.63, 3.8) is 0 Å². The highest BCUT2D eigenvalue weighted by Gasteiger charge is 2.46. The summed E-state index contributed by atoms with van der Waals surface area (Å²) in [4.78, 5) is 23.3. The number of carbonyl (C=O) groups excluding carboxylic acids is 2. The minimum absolute atomic E-state index is 0.0351. The molecule has 1 aromatic rings. The topological polar surface area (TPSA) is 61.8 Å². The van der Waals surface area contributed by atoms with Crippen LogP contribution >= 0.6 is 0 Å².